The maximum Gasteiger partial charge on any atom is 0.235 e. The van der Waals surface area contributed by atoms with Crippen molar-refractivity contribution in [2.75, 3.05) is 0 Å². The smallest absolute Gasteiger partial charge is 0.235 e. The van der Waals surface area contributed by atoms with Crippen LogP contribution in [-0.4, -0.2) is 19.8 Å². The molecule has 5 aromatic rings. The number of benzene rings is 2. The van der Waals surface area contributed by atoms with Gasteiger partial charge in [-0.2, -0.15) is 9.61 Å². The Morgan fingerprint density at radius 3 is 2.69 bits per heavy atom. The number of hydrogen-bond donors (Lipinski definition) is 0. The number of ether oxygens (including phenoxy) is 1. The summed E-state index contributed by atoms with van der Waals surface area (Å²) >= 11 is 7.39. The summed E-state index contributed by atoms with van der Waals surface area (Å²) in [6.45, 7) is 2.40. The fraction of sp³-hybridized carbons (Fsp3) is 0.0952. The first-order chi connectivity index (χ1) is 14.2. The van der Waals surface area contributed by atoms with Crippen LogP contribution in [0.3, 0.4) is 0 Å². The maximum atomic E-state index is 5.98. The van der Waals surface area contributed by atoms with Crippen LogP contribution in [0.4, 0.5) is 0 Å². The summed E-state index contributed by atoms with van der Waals surface area (Å²) in [4.78, 5) is 0.687. The fourth-order valence-corrected chi connectivity index (χ4v) is 3.82. The highest BCUT2D eigenvalue weighted by Crippen LogP contribution is 2.29. The molecule has 0 saturated carbocycles. The van der Waals surface area contributed by atoms with E-state index >= 15 is 0 Å². The molecule has 5 rings (SSSR count). The first kappa shape index (κ1) is 17.9. The highest BCUT2D eigenvalue weighted by atomic mass is 35.5. The minimum atomic E-state index is 0.366. The predicted molar refractivity (Wildman–Crippen MR) is 112 cm³/mol. The van der Waals surface area contributed by atoms with Gasteiger partial charge in [0.2, 0.25) is 10.8 Å². The molecule has 0 atom stereocenters. The first-order valence-electron chi connectivity index (χ1n) is 8.92. The number of hydrogen-bond acceptors (Lipinski definition) is 6. The Morgan fingerprint density at radius 1 is 1.03 bits per heavy atom. The van der Waals surface area contributed by atoms with Crippen molar-refractivity contribution in [3.05, 3.63) is 76.3 Å². The van der Waals surface area contributed by atoms with Gasteiger partial charge in [-0.3, -0.25) is 0 Å². The largest absolute Gasteiger partial charge is 0.486 e. The summed E-state index contributed by atoms with van der Waals surface area (Å²) in [6, 6.07) is 19.2. The molecule has 0 fully saturated rings. The van der Waals surface area contributed by atoms with E-state index in [4.69, 9.17) is 20.8 Å². The molecule has 0 bridgehead atoms. The molecule has 0 N–H and O–H groups in total. The van der Waals surface area contributed by atoms with Gasteiger partial charge in [-0.1, -0.05) is 35.1 Å². The van der Waals surface area contributed by atoms with Crippen LogP contribution in [0.15, 0.2) is 65.1 Å². The van der Waals surface area contributed by atoms with Gasteiger partial charge in [-0.15, -0.1) is 10.2 Å². The molecule has 0 radical (unpaired) electrons. The zero-order valence-corrected chi connectivity index (χ0v) is 16.9. The average molecular weight is 423 g/mol. The van der Waals surface area contributed by atoms with E-state index in [0.29, 0.717) is 28.2 Å². The first-order valence-corrected chi connectivity index (χ1v) is 10.1. The minimum Gasteiger partial charge on any atom is -0.486 e. The summed E-state index contributed by atoms with van der Waals surface area (Å²) in [6.07, 6.45) is 0. The fourth-order valence-electron chi connectivity index (χ4n) is 2.95. The van der Waals surface area contributed by atoms with Crippen LogP contribution in [-0.2, 0) is 6.61 Å². The summed E-state index contributed by atoms with van der Waals surface area (Å²) in [7, 11) is 0. The van der Waals surface area contributed by atoms with Gasteiger partial charge in [0.25, 0.3) is 0 Å². The van der Waals surface area contributed by atoms with Crippen molar-refractivity contribution in [3.8, 4) is 28.7 Å². The number of halogens is 1. The maximum absolute atomic E-state index is 5.98. The van der Waals surface area contributed by atoms with Crippen molar-refractivity contribution in [2.45, 2.75) is 13.5 Å². The lowest BCUT2D eigenvalue weighted by molar-refractivity contribution is 0.304. The van der Waals surface area contributed by atoms with Crippen molar-refractivity contribution in [1.82, 2.24) is 19.8 Å². The van der Waals surface area contributed by atoms with Gasteiger partial charge in [0, 0.05) is 10.6 Å². The van der Waals surface area contributed by atoms with Gasteiger partial charge < -0.3 is 9.15 Å². The second-order valence-corrected chi connectivity index (χ2v) is 7.97. The monoisotopic (exact) mass is 422 g/mol. The van der Waals surface area contributed by atoms with E-state index in [1.165, 1.54) is 11.3 Å². The molecule has 0 aliphatic rings. The summed E-state index contributed by atoms with van der Waals surface area (Å²) in [5.41, 5.74) is 2.09. The predicted octanol–water partition coefficient (Wildman–Crippen LogP) is 5.65. The van der Waals surface area contributed by atoms with Crippen LogP contribution in [0.25, 0.3) is 27.9 Å². The molecule has 2 aromatic carbocycles. The van der Waals surface area contributed by atoms with Crippen LogP contribution < -0.4 is 4.74 Å². The van der Waals surface area contributed by atoms with E-state index in [-0.39, 0.29) is 0 Å². The van der Waals surface area contributed by atoms with Gasteiger partial charge >= 0.3 is 0 Å². The zero-order chi connectivity index (χ0) is 19.8. The molecular weight excluding hydrogens is 408 g/mol. The molecule has 0 aliphatic carbocycles. The second kappa shape index (κ2) is 7.35. The van der Waals surface area contributed by atoms with Gasteiger partial charge in [0.1, 0.15) is 18.1 Å². The Hall–Kier alpha value is -3.16. The van der Waals surface area contributed by atoms with Crippen LogP contribution in [0.5, 0.6) is 5.75 Å². The molecule has 3 aromatic heterocycles. The van der Waals surface area contributed by atoms with E-state index in [0.717, 1.165) is 27.6 Å². The van der Waals surface area contributed by atoms with Crippen molar-refractivity contribution >= 4 is 27.9 Å². The lowest BCUT2D eigenvalue weighted by atomic mass is 10.2. The normalized spacial score (nSPS) is 11.2. The SMILES string of the molecule is Cc1cccc(OCc2nn3c(-c4ccc(-c5ccc(Cl)cc5)o4)nnc3s2)c1. The van der Waals surface area contributed by atoms with Crippen LogP contribution >= 0.6 is 22.9 Å². The van der Waals surface area contributed by atoms with Gasteiger partial charge in [0.05, 0.1) is 0 Å². The number of aryl methyl sites for hydroxylation is 1. The van der Waals surface area contributed by atoms with E-state index in [9.17, 15) is 0 Å². The second-order valence-electron chi connectivity index (χ2n) is 6.49. The number of aromatic nitrogens is 4. The molecule has 0 amide bonds. The zero-order valence-electron chi connectivity index (χ0n) is 15.4. The Morgan fingerprint density at radius 2 is 1.86 bits per heavy atom. The standard InChI is InChI=1S/C21H15ClN4O2S/c1-13-3-2-4-16(11-13)27-12-19-25-26-20(23-24-21(26)29-19)18-10-9-17(28-18)14-5-7-15(22)8-6-14/h2-11H,12H2,1H3. The Labute approximate surface area is 175 Å². The molecule has 3 heterocycles. The Kier molecular flexibility index (Phi) is 4.54. The van der Waals surface area contributed by atoms with Gasteiger partial charge in [-0.25, -0.2) is 0 Å². The van der Waals surface area contributed by atoms with Crippen LogP contribution in [0.1, 0.15) is 10.6 Å². The summed E-state index contributed by atoms with van der Waals surface area (Å²) in [5.74, 6) is 2.69. The Balaban J connectivity index is 1.39. The van der Waals surface area contributed by atoms with Crippen LogP contribution in [0.2, 0.25) is 5.02 Å². The van der Waals surface area contributed by atoms with E-state index in [2.05, 4.69) is 15.3 Å². The topological polar surface area (TPSA) is 65.5 Å². The molecule has 0 unspecified atom stereocenters. The van der Waals surface area contributed by atoms with Crippen molar-refractivity contribution in [3.63, 3.8) is 0 Å². The molecule has 29 heavy (non-hydrogen) atoms. The van der Waals surface area contributed by atoms with Crippen LogP contribution in [0, 0.1) is 6.92 Å². The highest BCUT2D eigenvalue weighted by molar-refractivity contribution is 7.16. The van der Waals surface area contributed by atoms with Gasteiger partial charge in [0.15, 0.2) is 10.8 Å². The number of rotatable bonds is 5. The minimum absolute atomic E-state index is 0.366. The van der Waals surface area contributed by atoms with Crippen molar-refractivity contribution in [2.24, 2.45) is 0 Å². The van der Waals surface area contributed by atoms with Gasteiger partial charge in [-0.05, 0) is 61.0 Å². The van der Waals surface area contributed by atoms with E-state index < -0.39 is 0 Å². The lowest BCUT2D eigenvalue weighted by Crippen LogP contribution is -1.97. The quantitative estimate of drug-likeness (QED) is 0.366. The number of nitrogens with zero attached hydrogens (tertiary/aromatic N) is 4. The third kappa shape index (κ3) is 3.62. The van der Waals surface area contributed by atoms with Crippen molar-refractivity contribution in [1.29, 1.82) is 0 Å². The third-order valence-electron chi connectivity index (χ3n) is 4.34. The molecule has 144 valence electrons. The third-order valence-corrected chi connectivity index (χ3v) is 5.46. The average Bonchev–Trinajstić information content (AvgIpc) is 3.42. The van der Waals surface area contributed by atoms with E-state index in [1.807, 2.05) is 67.6 Å². The molecule has 0 spiro atoms. The molecule has 6 nitrogen and oxygen atoms in total. The summed E-state index contributed by atoms with van der Waals surface area (Å²) in [5, 5.41) is 14.5. The lowest BCUT2D eigenvalue weighted by Gasteiger charge is -2.03. The molecule has 0 aliphatic heterocycles. The number of fused-ring (bicyclic) bond motifs is 1. The molecule has 0 saturated heterocycles. The Bertz CT molecular complexity index is 1290. The van der Waals surface area contributed by atoms with Crippen molar-refractivity contribution < 1.29 is 9.15 Å². The van der Waals surface area contributed by atoms with E-state index in [1.54, 1.807) is 4.52 Å². The molecular formula is C21H15ClN4O2S. The molecule has 8 heteroatoms. The number of furan rings is 1. The highest BCUT2D eigenvalue weighted by Gasteiger charge is 2.17. The summed E-state index contributed by atoms with van der Waals surface area (Å²) < 4.78 is 13.5.